The first-order valence-electron chi connectivity index (χ1n) is 8.23. The second-order valence-corrected chi connectivity index (χ2v) is 5.39. The van der Waals surface area contributed by atoms with Crippen LogP contribution in [0.25, 0.3) is 12.2 Å². The monoisotopic (exact) mass is 346 g/mol. The number of allylic oxidation sites excluding steroid dienone is 6. The second kappa shape index (κ2) is 10.5. The van der Waals surface area contributed by atoms with E-state index in [0.29, 0.717) is 0 Å². The third-order valence-electron chi connectivity index (χ3n) is 3.55. The van der Waals surface area contributed by atoms with E-state index in [1.54, 1.807) is 26.4 Å². The number of benzene rings is 2. The van der Waals surface area contributed by atoms with Crippen LogP contribution in [0.15, 0.2) is 85.0 Å². The van der Waals surface area contributed by atoms with Gasteiger partial charge in [0.15, 0.2) is 5.78 Å². The van der Waals surface area contributed by atoms with Gasteiger partial charge in [0.1, 0.15) is 11.5 Å². The van der Waals surface area contributed by atoms with E-state index in [0.717, 1.165) is 22.6 Å². The van der Waals surface area contributed by atoms with Gasteiger partial charge >= 0.3 is 0 Å². The Bertz CT molecular complexity index is 738. The maximum Gasteiger partial charge on any atom is 0.178 e. The van der Waals surface area contributed by atoms with Gasteiger partial charge in [-0.15, -0.1) is 0 Å². The van der Waals surface area contributed by atoms with Crippen LogP contribution in [0.5, 0.6) is 11.5 Å². The Labute approximate surface area is 154 Å². The first kappa shape index (κ1) is 19.0. The number of rotatable bonds is 8. The molecule has 0 bridgehead atoms. The summed E-state index contributed by atoms with van der Waals surface area (Å²) in [6.45, 7) is 0. The summed E-state index contributed by atoms with van der Waals surface area (Å²) in [5.74, 6) is 1.57. The molecule has 3 nitrogen and oxygen atoms in total. The quantitative estimate of drug-likeness (QED) is 0.492. The molecule has 0 saturated carbocycles. The van der Waals surface area contributed by atoms with Gasteiger partial charge in [-0.3, -0.25) is 4.79 Å². The summed E-state index contributed by atoms with van der Waals surface area (Å²) in [7, 11) is 3.28. The summed E-state index contributed by atoms with van der Waals surface area (Å²) in [5, 5.41) is 0. The summed E-state index contributed by atoms with van der Waals surface area (Å²) in [6.07, 6.45) is 14.0. The second-order valence-electron chi connectivity index (χ2n) is 5.39. The summed E-state index contributed by atoms with van der Waals surface area (Å²) < 4.78 is 10.2. The topological polar surface area (TPSA) is 35.5 Å². The normalized spacial score (nSPS) is 11.8. The van der Waals surface area contributed by atoms with Crippen molar-refractivity contribution in [3.05, 3.63) is 96.1 Å². The van der Waals surface area contributed by atoms with Gasteiger partial charge in [-0.25, -0.2) is 0 Å². The van der Waals surface area contributed by atoms with Gasteiger partial charge < -0.3 is 9.47 Å². The van der Waals surface area contributed by atoms with Gasteiger partial charge in [-0.05, 0) is 47.5 Å². The summed E-state index contributed by atoms with van der Waals surface area (Å²) in [6, 6.07) is 15.4. The van der Waals surface area contributed by atoms with E-state index in [2.05, 4.69) is 0 Å². The molecule has 0 spiro atoms. The van der Waals surface area contributed by atoms with Crippen LogP contribution in [-0.4, -0.2) is 20.0 Å². The molecule has 0 N–H and O–H groups in total. The molecule has 0 heterocycles. The number of methoxy groups -OCH3 is 2. The van der Waals surface area contributed by atoms with Crippen LogP contribution in [0, 0.1) is 0 Å². The molecule has 0 atom stereocenters. The van der Waals surface area contributed by atoms with Crippen molar-refractivity contribution in [3.63, 3.8) is 0 Å². The molecule has 2 rings (SSSR count). The maximum absolute atomic E-state index is 11.8. The smallest absolute Gasteiger partial charge is 0.178 e. The predicted octanol–water partition coefficient (Wildman–Crippen LogP) is 5.11. The fourth-order valence-corrected chi connectivity index (χ4v) is 2.12. The van der Waals surface area contributed by atoms with Crippen molar-refractivity contribution in [3.8, 4) is 11.5 Å². The van der Waals surface area contributed by atoms with Crippen LogP contribution in [-0.2, 0) is 4.79 Å². The Morgan fingerprint density at radius 3 is 1.38 bits per heavy atom. The van der Waals surface area contributed by atoms with Crippen molar-refractivity contribution in [2.75, 3.05) is 14.2 Å². The van der Waals surface area contributed by atoms with Crippen LogP contribution < -0.4 is 9.47 Å². The molecule has 3 heteroatoms. The van der Waals surface area contributed by atoms with Crippen molar-refractivity contribution in [2.45, 2.75) is 0 Å². The molecular formula is C23H22O3. The number of hydrogen-bond donors (Lipinski definition) is 0. The largest absolute Gasteiger partial charge is 0.497 e. The molecule has 26 heavy (non-hydrogen) atoms. The molecule has 2 aromatic carbocycles. The third-order valence-corrected chi connectivity index (χ3v) is 3.55. The first-order chi connectivity index (χ1) is 12.7. The minimum absolute atomic E-state index is 0.0660. The predicted molar refractivity (Wildman–Crippen MR) is 107 cm³/mol. The number of ether oxygens (including phenoxy) is 2. The zero-order valence-corrected chi connectivity index (χ0v) is 15.0. The molecular weight excluding hydrogens is 324 g/mol. The van der Waals surface area contributed by atoms with Gasteiger partial charge in [0, 0.05) is 0 Å². The number of carbonyl (C=O) groups excluding carboxylic acids is 1. The van der Waals surface area contributed by atoms with E-state index >= 15 is 0 Å². The first-order valence-corrected chi connectivity index (χ1v) is 8.23. The fraction of sp³-hybridized carbons (Fsp3) is 0.0870. The molecule has 0 saturated heterocycles. The Balaban J connectivity index is 1.80. The average molecular weight is 346 g/mol. The Hall–Kier alpha value is -3.33. The van der Waals surface area contributed by atoms with Crippen LogP contribution >= 0.6 is 0 Å². The molecule has 0 radical (unpaired) electrons. The fourth-order valence-electron chi connectivity index (χ4n) is 2.12. The number of hydrogen-bond acceptors (Lipinski definition) is 3. The molecule has 0 amide bonds. The average Bonchev–Trinajstić information content (AvgIpc) is 2.69. The highest BCUT2D eigenvalue weighted by molar-refractivity contribution is 5.99. The summed E-state index contributed by atoms with van der Waals surface area (Å²) in [4.78, 5) is 11.8. The van der Waals surface area contributed by atoms with E-state index in [9.17, 15) is 4.79 Å². The minimum atomic E-state index is -0.0660. The Kier molecular flexibility index (Phi) is 7.69. The van der Waals surface area contributed by atoms with Crippen molar-refractivity contribution in [2.24, 2.45) is 0 Å². The van der Waals surface area contributed by atoms with Crippen LogP contribution in [0.1, 0.15) is 11.1 Å². The highest BCUT2D eigenvalue weighted by Crippen LogP contribution is 2.13. The molecule has 0 aromatic heterocycles. The third kappa shape index (κ3) is 6.65. The van der Waals surface area contributed by atoms with Gasteiger partial charge in [-0.1, -0.05) is 60.7 Å². The Morgan fingerprint density at radius 1 is 0.654 bits per heavy atom. The lowest BCUT2D eigenvalue weighted by Crippen LogP contribution is -1.83. The van der Waals surface area contributed by atoms with Crippen molar-refractivity contribution in [1.29, 1.82) is 0 Å². The van der Waals surface area contributed by atoms with Crippen LogP contribution in [0.3, 0.4) is 0 Å². The van der Waals surface area contributed by atoms with E-state index in [4.69, 9.17) is 9.47 Å². The molecule has 0 aliphatic heterocycles. The molecule has 132 valence electrons. The van der Waals surface area contributed by atoms with Gasteiger partial charge in [0.05, 0.1) is 14.2 Å². The zero-order chi connectivity index (χ0) is 18.6. The standard InChI is InChI=1S/C23H22O3/c1-25-22-15-11-19(12-16-22)7-3-5-9-21(24)10-6-4-8-20-13-17-23(26-2)18-14-20/h3-18H,1-2H3. The number of ketones is 1. The van der Waals surface area contributed by atoms with Gasteiger partial charge in [0.2, 0.25) is 0 Å². The Morgan fingerprint density at radius 2 is 1.04 bits per heavy atom. The minimum Gasteiger partial charge on any atom is -0.497 e. The van der Waals surface area contributed by atoms with Crippen molar-refractivity contribution >= 4 is 17.9 Å². The van der Waals surface area contributed by atoms with Crippen LogP contribution in [0.4, 0.5) is 0 Å². The SMILES string of the molecule is COc1ccc(C=CC=CC(=O)C=CC=Cc2ccc(OC)cc2)cc1. The lowest BCUT2D eigenvalue weighted by molar-refractivity contribution is -0.110. The van der Waals surface area contributed by atoms with Gasteiger partial charge in [-0.2, -0.15) is 0 Å². The highest BCUT2D eigenvalue weighted by Gasteiger charge is 1.90. The summed E-state index contributed by atoms with van der Waals surface area (Å²) in [5.41, 5.74) is 2.08. The number of carbonyl (C=O) groups is 1. The van der Waals surface area contributed by atoms with Crippen LogP contribution in [0.2, 0.25) is 0 Å². The van der Waals surface area contributed by atoms with Gasteiger partial charge in [0.25, 0.3) is 0 Å². The van der Waals surface area contributed by atoms with E-state index < -0.39 is 0 Å². The molecule has 0 aliphatic rings. The van der Waals surface area contributed by atoms with Crippen molar-refractivity contribution < 1.29 is 14.3 Å². The van der Waals surface area contributed by atoms with E-state index in [1.165, 1.54) is 12.2 Å². The lowest BCUT2D eigenvalue weighted by Gasteiger charge is -1.98. The molecule has 0 fully saturated rings. The van der Waals surface area contributed by atoms with Crippen molar-refractivity contribution in [1.82, 2.24) is 0 Å². The zero-order valence-electron chi connectivity index (χ0n) is 15.0. The van der Waals surface area contributed by atoms with E-state index in [-0.39, 0.29) is 5.78 Å². The molecule has 0 unspecified atom stereocenters. The summed E-state index contributed by atoms with van der Waals surface area (Å²) >= 11 is 0. The molecule has 0 aliphatic carbocycles. The van der Waals surface area contributed by atoms with E-state index in [1.807, 2.05) is 72.8 Å². The molecule has 2 aromatic rings. The highest BCUT2D eigenvalue weighted by atomic mass is 16.5. The lowest BCUT2D eigenvalue weighted by atomic mass is 10.2. The maximum atomic E-state index is 11.8.